The van der Waals surface area contributed by atoms with Crippen LogP contribution in [0.5, 0.6) is 0 Å². The van der Waals surface area contributed by atoms with E-state index in [1.165, 1.54) is 38.8 Å². The van der Waals surface area contributed by atoms with Crippen LogP contribution in [0.4, 0.5) is 0 Å². The highest BCUT2D eigenvalue weighted by molar-refractivity contribution is 5.06. The summed E-state index contributed by atoms with van der Waals surface area (Å²) in [6.07, 6.45) is 5.43. The molecule has 2 bridgehead atoms. The molecule has 2 saturated heterocycles. The minimum absolute atomic E-state index is 0.457. The molecule has 3 unspecified atom stereocenters. The zero-order valence-corrected chi connectivity index (χ0v) is 8.90. The number of hydrogen-bond acceptors (Lipinski definition) is 2. The molecule has 0 aromatic heterocycles. The van der Waals surface area contributed by atoms with E-state index in [-0.39, 0.29) is 0 Å². The third kappa shape index (κ3) is 1.75. The molecule has 2 aliphatic rings. The molecule has 2 fully saturated rings. The van der Waals surface area contributed by atoms with Crippen LogP contribution in [-0.4, -0.2) is 24.7 Å². The standard InChI is InChI=1S/C11H22N2/c1-3-4-5-11-6-9(2)10(13-11)7-12-8-11/h9-10,12-13H,3-8H2,1-2H3. The average Bonchev–Trinajstić information content (AvgIpc) is 2.35. The molecule has 0 amide bonds. The van der Waals surface area contributed by atoms with E-state index in [9.17, 15) is 0 Å². The maximum absolute atomic E-state index is 3.83. The molecular formula is C11H22N2. The van der Waals surface area contributed by atoms with Crippen LogP contribution in [0.25, 0.3) is 0 Å². The molecule has 2 N–H and O–H groups in total. The molecule has 13 heavy (non-hydrogen) atoms. The maximum atomic E-state index is 3.83. The lowest BCUT2D eigenvalue weighted by Crippen LogP contribution is -2.58. The molecule has 2 aliphatic heterocycles. The van der Waals surface area contributed by atoms with Crippen LogP contribution < -0.4 is 10.6 Å². The van der Waals surface area contributed by atoms with Gasteiger partial charge in [0, 0.05) is 24.7 Å². The minimum atomic E-state index is 0.457. The van der Waals surface area contributed by atoms with Gasteiger partial charge in [0.2, 0.25) is 0 Å². The fourth-order valence-electron chi connectivity index (χ4n) is 2.97. The lowest BCUT2D eigenvalue weighted by molar-refractivity contribution is 0.270. The molecule has 0 aliphatic carbocycles. The number of fused-ring (bicyclic) bond motifs is 2. The summed E-state index contributed by atoms with van der Waals surface area (Å²) >= 11 is 0. The number of hydrogen-bond donors (Lipinski definition) is 2. The minimum Gasteiger partial charge on any atom is -0.313 e. The Morgan fingerprint density at radius 2 is 2.31 bits per heavy atom. The summed E-state index contributed by atoms with van der Waals surface area (Å²) in [5.74, 6) is 0.867. The molecule has 2 nitrogen and oxygen atoms in total. The van der Waals surface area contributed by atoms with E-state index in [0.29, 0.717) is 5.54 Å². The van der Waals surface area contributed by atoms with Crippen LogP contribution >= 0.6 is 0 Å². The number of unbranched alkanes of at least 4 members (excludes halogenated alkanes) is 1. The highest BCUT2D eigenvalue weighted by Crippen LogP contribution is 2.34. The first-order chi connectivity index (χ1) is 6.26. The van der Waals surface area contributed by atoms with Crippen molar-refractivity contribution in [1.29, 1.82) is 0 Å². The summed E-state index contributed by atoms with van der Waals surface area (Å²) in [7, 11) is 0. The van der Waals surface area contributed by atoms with Gasteiger partial charge in [0.1, 0.15) is 0 Å². The lowest BCUT2D eigenvalue weighted by atomic mass is 9.88. The lowest BCUT2D eigenvalue weighted by Gasteiger charge is -2.35. The van der Waals surface area contributed by atoms with Gasteiger partial charge in [-0.3, -0.25) is 0 Å². The zero-order valence-electron chi connectivity index (χ0n) is 8.90. The quantitative estimate of drug-likeness (QED) is 0.691. The van der Waals surface area contributed by atoms with Crippen molar-refractivity contribution in [1.82, 2.24) is 10.6 Å². The van der Waals surface area contributed by atoms with Crippen molar-refractivity contribution in [2.24, 2.45) is 5.92 Å². The summed E-state index contributed by atoms with van der Waals surface area (Å²) in [6.45, 7) is 7.03. The smallest absolute Gasteiger partial charge is 0.0312 e. The third-order valence-electron chi connectivity index (χ3n) is 3.73. The predicted molar refractivity (Wildman–Crippen MR) is 55.8 cm³/mol. The highest BCUT2D eigenvalue weighted by Gasteiger charge is 2.44. The first kappa shape index (κ1) is 9.47. The van der Waals surface area contributed by atoms with Crippen molar-refractivity contribution in [3.05, 3.63) is 0 Å². The third-order valence-corrected chi connectivity index (χ3v) is 3.73. The number of piperazine rings is 1. The average molecular weight is 182 g/mol. The predicted octanol–water partition coefficient (Wildman–Crippen LogP) is 1.52. The van der Waals surface area contributed by atoms with E-state index in [1.807, 2.05) is 0 Å². The maximum Gasteiger partial charge on any atom is 0.0312 e. The Kier molecular flexibility index (Phi) is 2.61. The Morgan fingerprint density at radius 3 is 3.08 bits per heavy atom. The van der Waals surface area contributed by atoms with Crippen molar-refractivity contribution in [2.75, 3.05) is 13.1 Å². The van der Waals surface area contributed by atoms with Crippen LogP contribution in [0.1, 0.15) is 39.5 Å². The first-order valence-electron chi connectivity index (χ1n) is 5.74. The SMILES string of the molecule is CCCCC12CNCC(N1)C(C)C2. The van der Waals surface area contributed by atoms with Gasteiger partial charge in [-0.15, -0.1) is 0 Å². The van der Waals surface area contributed by atoms with E-state index >= 15 is 0 Å². The van der Waals surface area contributed by atoms with E-state index in [0.717, 1.165) is 12.0 Å². The Balaban J connectivity index is 1.98. The van der Waals surface area contributed by atoms with Crippen molar-refractivity contribution in [2.45, 2.75) is 51.1 Å². The second-order valence-electron chi connectivity index (χ2n) is 4.95. The van der Waals surface area contributed by atoms with E-state index in [1.54, 1.807) is 0 Å². The largest absolute Gasteiger partial charge is 0.313 e. The van der Waals surface area contributed by atoms with E-state index in [4.69, 9.17) is 0 Å². The Hall–Kier alpha value is -0.0800. The summed E-state index contributed by atoms with van der Waals surface area (Å²) < 4.78 is 0. The van der Waals surface area contributed by atoms with Crippen LogP contribution in [0.3, 0.4) is 0 Å². The second kappa shape index (κ2) is 3.58. The van der Waals surface area contributed by atoms with Gasteiger partial charge in [-0.25, -0.2) is 0 Å². The number of nitrogens with one attached hydrogen (secondary N) is 2. The fraction of sp³-hybridized carbons (Fsp3) is 1.00. The van der Waals surface area contributed by atoms with Crippen LogP contribution in [0.2, 0.25) is 0 Å². The molecule has 2 heteroatoms. The summed E-state index contributed by atoms with van der Waals surface area (Å²) in [4.78, 5) is 0. The first-order valence-corrected chi connectivity index (χ1v) is 5.74. The van der Waals surface area contributed by atoms with Gasteiger partial charge in [-0.2, -0.15) is 0 Å². The number of rotatable bonds is 3. The molecule has 0 aromatic rings. The van der Waals surface area contributed by atoms with Crippen molar-refractivity contribution in [3.8, 4) is 0 Å². The Bertz CT molecular complexity index is 177. The molecule has 0 spiro atoms. The van der Waals surface area contributed by atoms with Gasteiger partial charge in [-0.05, 0) is 18.8 Å². The molecule has 0 aromatic carbocycles. The summed E-state index contributed by atoms with van der Waals surface area (Å²) in [5, 5.41) is 7.39. The molecule has 76 valence electrons. The van der Waals surface area contributed by atoms with Gasteiger partial charge in [0.25, 0.3) is 0 Å². The Labute approximate surface area is 81.5 Å². The van der Waals surface area contributed by atoms with Gasteiger partial charge in [-0.1, -0.05) is 26.7 Å². The van der Waals surface area contributed by atoms with Crippen molar-refractivity contribution < 1.29 is 0 Å². The zero-order chi connectivity index (χ0) is 9.31. The topological polar surface area (TPSA) is 24.1 Å². The second-order valence-corrected chi connectivity index (χ2v) is 4.95. The molecular weight excluding hydrogens is 160 g/mol. The van der Waals surface area contributed by atoms with E-state index in [2.05, 4.69) is 24.5 Å². The van der Waals surface area contributed by atoms with Gasteiger partial charge < -0.3 is 10.6 Å². The van der Waals surface area contributed by atoms with Crippen LogP contribution in [0, 0.1) is 5.92 Å². The molecule has 0 radical (unpaired) electrons. The Morgan fingerprint density at radius 1 is 1.46 bits per heavy atom. The molecule has 2 heterocycles. The van der Waals surface area contributed by atoms with Gasteiger partial charge in [0.05, 0.1) is 0 Å². The summed E-state index contributed by atoms with van der Waals surface area (Å²) in [5.41, 5.74) is 0.457. The molecule has 0 saturated carbocycles. The molecule has 3 atom stereocenters. The van der Waals surface area contributed by atoms with Gasteiger partial charge in [0.15, 0.2) is 0 Å². The summed E-state index contributed by atoms with van der Waals surface area (Å²) in [6, 6.07) is 0.741. The normalized spacial score (nSPS) is 43.8. The highest BCUT2D eigenvalue weighted by atomic mass is 15.2. The van der Waals surface area contributed by atoms with E-state index < -0.39 is 0 Å². The van der Waals surface area contributed by atoms with Gasteiger partial charge >= 0.3 is 0 Å². The van der Waals surface area contributed by atoms with Crippen molar-refractivity contribution in [3.63, 3.8) is 0 Å². The van der Waals surface area contributed by atoms with Crippen molar-refractivity contribution >= 4 is 0 Å². The fourth-order valence-corrected chi connectivity index (χ4v) is 2.97. The van der Waals surface area contributed by atoms with Crippen LogP contribution in [0.15, 0.2) is 0 Å². The monoisotopic (exact) mass is 182 g/mol. The molecule has 2 rings (SSSR count). The van der Waals surface area contributed by atoms with Crippen LogP contribution in [-0.2, 0) is 0 Å².